The third-order valence-electron chi connectivity index (χ3n) is 9.45. The highest BCUT2D eigenvalue weighted by Gasteiger charge is 2.65. The predicted octanol–water partition coefficient (Wildman–Crippen LogP) is 3.32. The Hall–Kier alpha value is -0.690. The van der Waals surface area contributed by atoms with Crippen molar-refractivity contribution in [2.24, 2.45) is 40.4 Å². The summed E-state index contributed by atoms with van der Waals surface area (Å²) in [5.41, 5.74) is -0.567. The molecule has 4 aliphatic rings. The summed E-state index contributed by atoms with van der Waals surface area (Å²) in [5.74, 6) is 0.996. The molecular weight excluding hydrogens is 372 g/mol. The van der Waals surface area contributed by atoms with E-state index in [1.807, 2.05) is 7.11 Å². The van der Waals surface area contributed by atoms with Gasteiger partial charge in [0, 0.05) is 20.8 Å². The Labute approximate surface area is 174 Å². The van der Waals surface area contributed by atoms with Crippen LogP contribution < -0.4 is 0 Å². The zero-order chi connectivity index (χ0) is 20.6. The number of carboxylic acid groups (broad SMARTS) is 1. The number of hydrogen-bond acceptors (Lipinski definition) is 5. The second-order valence-corrected chi connectivity index (χ2v) is 10.1. The molecule has 166 valence electrons. The van der Waals surface area contributed by atoms with Crippen molar-refractivity contribution < 1.29 is 29.2 Å². The fourth-order valence-electron chi connectivity index (χ4n) is 8.36. The summed E-state index contributed by atoms with van der Waals surface area (Å²) in [7, 11) is 3.48. The van der Waals surface area contributed by atoms with Crippen LogP contribution in [0.4, 0.5) is 0 Å². The Morgan fingerprint density at radius 1 is 1.00 bits per heavy atom. The quantitative estimate of drug-likeness (QED) is 0.627. The van der Waals surface area contributed by atoms with Crippen LogP contribution in [0.15, 0.2) is 0 Å². The third-order valence-corrected chi connectivity index (χ3v) is 9.45. The first kappa shape index (κ1) is 21.5. The van der Waals surface area contributed by atoms with Gasteiger partial charge in [-0.15, -0.1) is 0 Å². The lowest BCUT2D eigenvalue weighted by molar-refractivity contribution is -0.189. The van der Waals surface area contributed by atoms with E-state index in [1.54, 1.807) is 7.11 Å². The lowest BCUT2D eigenvalue weighted by atomic mass is 9.44. The molecule has 0 aromatic carbocycles. The van der Waals surface area contributed by atoms with Gasteiger partial charge in [-0.2, -0.15) is 0 Å². The monoisotopic (exact) mass is 410 g/mol. The first-order valence-electron chi connectivity index (χ1n) is 11.5. The number of hydrogen-bond donors (Lipinski definition) is 2. The minimum atomic E-state index is -0.713. The highest BCUT2D eigenvalue weighted by Crippen LogP contribution is 2.67. The van der Waals surface area contributed by atoms with E-state index < -0.39 is 11.4 Å². The van der Waals surface area contributed by atoms with E-state index in [-0.39, 0.29) is 30.0 Å². The van der Waals surface area contributed by atoms with Crippen molar-refractivity contribution in [2.75, 3.05) is 34.2 Å². The first-order valence-corrected chi connectivity index (χ1v) is 11.5. The van der Waals surface area contributed by atoms with Crippen molar-refractivity contribution in [3.05, 3.63) is 0 Å². The van der Waals surface area contributed by atoms with Crippen molar-refractivity contribution in [3.8, 4) is 0 Å². The van der Waals surface area contributed by atoms with Gasteiger partial charge in [0.2, 0.25) is 0 Å². The Morgan fingerprint density at radius 2 is 1.83 bits per heavy atom. The molecule has 0 bridgehead atoms. The molecule has 6 heteroatoms. The van der Waals surface area contributed by atoms with E-state index in [2.05, 4.69) is 0 Å². The van der Waals surface area contributed by atoms with E-state index in [0.29, 0.717) is 31.0 Å². The fourth-order valence-corrected chi connectivity index (χ4v) is 8.36. The van der Waals surface area contributed by atoms with Gasteiger partial charge in [-0.25, -0.2) is 0 Å². The molecule has 2 N–H and O–H groups in total. The molecule has 0 aromatic rings. The van der Waals surface area contributed by atoms with E-state index in [9.17, 15) is 15.0 Å². The normalized spacial score (nSPS) is 46.6. The molecule has 29 heavy (non-hydrogen) atoms. The van der Waals surface area contributed by atoms with Gasteiger partial charge in [0.1, 0.15) is 6.79 Å². The van der Waals surface area contributed by atoms with Crippen molar-refractivity contribution in [3.63, 3.8) is 0 Å². The molecule has 4 rings (SSSR count). The van der Waals surface area contributed by atoms with Gasteiger partial charge >= 0.3 is 5.97 Å². The topological polar surface area (TPSA) is 85.2 Å². The van der Waals surface area contributed by atoms with Crippen LogP contribution in [0.25, 0.3) is 0 Å². The SMILES string of the molecule is COCO[C@@H]1CC[C@@]2(COC)[C@@H](CC[C@@H]3[C@@H]2CC[C@]2(C(=O)O)[C@@H](CO)CC[C@@H]32)C1. The predicted molar refractivity (Wildman–Crippen MR) is 107 cm³/mol. The Kier molecular flexibility index (Phi) is 6.27. The third kappa shape index (κ3) is 3.26. The summed E-state index contributed by atoms with van der Waals surface area (Å²) < 4.78 is 16.8. The van der Waals surface area contributed by atoms with Gasteiger partial charge in [-0.1, -0.05) is 0 Å². The van der Waals surface area contributed by atoms with E-state index >= 15 is 0 Å². The minimum Gasteiger partial charge on any atom is -0.481 e. The molecule has 4 fully saturated rings. The molecule has 6 nitrogen and oxygen atoms in total. The molecule has 0 spiro atoms. The van der Waals surface area contributed by atoms with Crippen molar-refractivity contribution in [1.82, 2.24) is 0 Å². The van der Waals surface area contributed by atoms with Gasteiger partial charge in [0.05, 0.1) is 18.1 Å². The zero-order valence-corrected chi connectivity index (χ0v) is 18.0. The molecule has 0 saturated heterocycles. The first-order chi connectivity index (χ1) is 14.0. The van der Waals surface area contributed by atoms with Crippen LogP contribution in [-0.2, 0) is 19.0 Å². The molecule has 0 aromatic heterocycles. The van der Waals surface area contributed by atoms with Crippen LogP contribution in [-0.4, -0.2) is 56.5 Å². The molecule has 8 atom stereocenters. The van der Waals surface area contributed by atoms with Crippen LogP contribution in [0.2, 0.25) is 0 Å². The zero-order valence-electron chi connectivity index (χ0n) is 18.0. The molecule has 0 heterocycles. The number of aliphatic carboxylic acids is 1. The maximum atomic E-state index is 12.5. The lowest BCUT2D eigenvalue weighted by Gasteiger charge is -2.61. The molecule has 4 saturated carbocycles. The number of aliphatic hydroxyl groups is 1. The average Bonchev–Trinajstić information content (AvgIpc) is 3.12. The van der Waals surface area contributed by atoms with Crippen LogP contribution in [0.1, 0.15) is 57.8 Å². The molecular formula is C23H38O6. The average molecular weight is 411 g/mol. The maximum absolute atomic E-state index is 12.5. The minimum absolute atomic E-state index is 0.00451. The maximum Gasteiger partial charge on any atom is 0.310 e. The standard InChI is InChI=1S/C23H38O6/c1-27-13-22-9-7-17(29-14-28-2)11-15(22)3-5-18-19(22)8-10-23(21(25)26)16(12-24)4-6-20(18)23/h15-20,24H,3-14H2,1-2H3,(H,25,26)/t15-,16+,17+,18+,19-,20-,22+,23-/m0/s1. The molecule has 0 radical (unpaired) electrons. The fraction of sp³-hybridized carbons (Fsp3) is 0.957. The number of aliphatic hydroxyl groups excluding tert-OH is 1. The van der Waals surface area contributed by atoms with Crippen LogP contribution in [0.5, 0.6) is 0 Å². The Bertz CT molecular complexity index is 596. The number of methoxy groups -OCH3 is 2. The number of rotatable bonds is 7. The highest BCUT2D eigenvalue weighted by molar-refractivity contribution is 5.76. The molecule has 0 aliphatic heterocycles. The summed E-state index contributed by atoms with van der Waals surface area (Å²) in [4.78, 5) is 12.5. The van der Waals surface area contributed by atoms with Crippen molar-refractivity contribution in [2.45, 2.75) is 63.9 Å². The number of ether oxygens (including phenoxy) is 3. The Balaban J connectivity index is 1.60. The smallest absolute Gasteiger partial charge is 0.310 e. The molecule has 0 unspecified atom stereocenters. The van der Waals surface area contributed by atoms with Crippen molar-refractivity contribution in [1.29, 1.82) is 0 Å². The van der Waals surface area contributed by atoms with E-state index in [1.165, 1.54) is 0 Å². The van der Waals surface area contributed by atoms with Crippen LogP contribution in [0, 0.1) is 40.4 Å². The molecule has 0 amide bonds. The lowest BCUT2D eigenvalue weighted by Crippen LogP contribution is -2.59. The van der Waals surface area contributed by atoms with Crippen LogP contribution in [0.3, 0.4) is 0 Å². The second kappa shape index (κ2) is 8.45. The Morgan fingerprint density at radius 3 is 2.52 bits per heavy atom. The summed E-state index contributed by atoms with van der Waals surface area (Å²) in [6.07, 6.45) is 9.14. The van der Waals surface area contributed by atoms with Gasteiger partial charge in [-0.3, -0.25) is 4.79 Å². The molecule has 4 aliphatic carbocycles. The summed E-state index contributed by atoms with van der Waals surface area (Å²) in [6, 6.07) is 0. The summed E-state index contributed by atoms with van der Waals surface area (Å²) in [6.45, 7) is 1.13. The largest absolute Gasteiger partial charge is 0.481 e. The van der Waals surface area contributed by atoms with E-state index in [4.69, 9.17) is 14.2 Å². The number of fused-ring (bicyclic) bond motifs is 5. The van der Waals surface area contributed by atoms with Gasteiger partial charge in [0.15, 0.2) is 0 Å². The highest BCUT2D eigenvalue weighted by atomic mass is 16.7. The van der Waals surface area contributed by atoms with Gasteiger partial charge in [0.25, 0.3) is 0 Å². The van der Waals surface area contributed by atoms with Gasteiger partial charge in [-0.05, 0) is 92.8 Å². The second-order valence-electron chi connectivity index (χ2n) is 10.1. The van der Waals surface area contributed by atoms with Gasteiger partial charge < -0.3 is 24.4 Å². The van der Waals surface area contributed by atoms with E-state index in [0.717, 1.165) is 58.0 Å². The number of carboxylic acids is 1. The summed E-state index contributed by atoms with van der Waals surface area (Å²) in [5, 5.41) is 20.2. The van der Waals surface area contributed by atoms with Crippen molar-refractivity contribution >= 4 is 5.97 Å². The summed E-state index contributed by atoms with van der Waals surface area (Å²) >= 11 is 0. The van der Waals surface area contributed by atoms with Crippen LogP contribution >= 0.6 is 0 Å². The number of carbonyl (C=O) groups is 1.